The largest absolute Gasteiger partial charge is 0.375 e. The number of anilines is 1. The monoisotopic (exact) mass is 212 g/mol. The number of rotatable bonds is 2. The highest BCUT2D eigenvalue weighted by Gasteiger charge is 2.02. The van der Waals surface area contributed by atoms with Gasteiger partial charge >= 0.3 is 0 Å². The van der Waals surface area contributed by atoms with E-state index in [-0.39, 0.29) is 18.8 Å². The molecule has 0 saturated heterocycles. The third-order valence-electron chi connectivity index (χ3n) is 0.890. The summed E-state index contributed by atoms with van der Waals surface area (Å²) in [7, 11) is 0. The van der Waals surface area contributed by atoms with E-state index in [2.05, 4.69) is 4.98 Å². The topological polar surface area (TPSA) is 56.0 Å². The summed E-state index contributed by atoms with van der Waals surface area (Å²) in [5.41, 5.74) is 5.95. The van der Waals surface area contributed by atoms with E-state index in [0.717, 1.165) is 0 Å². The van der Waals surface area contributed by atoms with Crippen LogP contribution in [0.5, 0.6) is 0 Å². The minimum atomic E-state index is -0.412. The van der Waals surface area contributed by atoms with E-state index in [4.69, 9.17) is 17.3 Å². The Kier molecular flexibility index (Phi) is 4.40. The lowest BCUT2D eigenvalue weighted by Gasteiger charge is -1.84. The zero-order valence-electron chi connectivity index (χ0n) is 5.41. The Morgan fingerprint density at radius 3 is 2.82 bits per heavy atom. The molecule has 0 bridgehead atoms. The predicted molar refractivity (Wildman–Crippen MR) is 48.3 cm³/mol. The Bertz CT molecular complexity index is 250. The van der Waals surface area contributed by atoms with E-state index in [1.165, 1.54) is 11.3 Å². The van der Waals surface area contributed by atoms with Gasteiger partial charge < -0.3 is 5.73 Å². The summed E-state index contributed by atoms with van der Waals surface area (Å²) in [6.45, 7) is 0. The van der Waals surface area contributed by atoms with Crippen molar-refractivity contribution in [2.75, 3.05) is 5.73 Å². The van der Waals surface area contributed by atoms with Crippen molar-refractivity contribution in [2.24, 2.45) is 0 Å². The number of nitrogens with zero attached hydrogens (tertiary/aromatic N) is 1. The first kappa shape index (κ1) is 10.7. The van der Waals surface area contributed by atoms with Crippen molar-refractivity contribution in [3.05, 3.63) is 11.1 Å². The molecule has 1 aromatic heterocycles. The Balaban J connectivity index is 0.000001000. The Hall–Kier alpha value is -0.320. The molecule has 1 aromatic rings. The molecule has 0 amide bonds. The maximum absolute atomic E-state index is 10.3. The first-order valence-corrected chi connectivity index (χ1v) is 3.82. The van der Waals surface area contributed by atoms with Crippen LogP contribution in [0.15, 0.2) is 5.38 Å². The fourth-order valence-corrected chi connectivity index (χ4v) is 1.25. The minimum Gasteiger partial charge on any atom is -0.375 e. The van der Waals surface area contributed by atoms with Gasteiger partial charge in [0.1, 0.15) is 0 Å². The van der Waals surface area contributed by atoms with Crippen LogP contribution in [0.3, 0.4) is 0 Å². The average molecular weight is 213 g/mol. The number of carbonyl (C=O) groups is 1. The third kappa shape index (κ3) is 3.55. The van der Waals surface area contributed by atoms with E-state index < -0.39 is 5.24 Å². The lowest BCUT2D eigenvalue weighted by atomic mass is 10.4. The molecule has 2 N–H and O–H groups in total. The number of nitrogens with two attached hydrogens (primary N) is 1. The van der Waals surface area contributed by atoms with Crippen LogP contribution in [-0.2, 0) is 11.2 Å². The number of hydrogen-bond acceptors (Lipinski definition) is 4. The van der Waals surface area contributed by atoms with Gasteiger partial charge in [0, 0.05) is 5.38 Å². The first-order chi connectivity index (χ1) is 4.68. The number of carbonyl (C=O) groups excluding carboxylic acids is 1. The zero-order valence-corrected chi connectivity index (χ0v) is 7.80. The van der Waals surface area contributed by atoms with Gasteiger partial charge in [0.05, 0.1) is 12.1 Å². The quantitative estimate of drug-likeness (QED) is 0.756. The first-order valence-electron chi connectivity index (χ1n) is 2.56. The van der Waals surface area contributed by atoms with Crippen LogP contribution in [0.2, 0.25) is 0 Å². The lowest BCUT2D eigenvalue weighted by Crippen LogP contribution is -1.93. The van der Waals surface area contributed by atoms with Gasteiger partial charge in [-0.1, -0.05) is 0 Å². The van der Waals surface area contributed by atoms with Gasteiger partial charge in [-0.05, 0) is 11.6 Å². The number of hydrogen-bond donors (Lipinski definition) is 1. The summed E-state index contributed by atoms with van der Waals surface area (Å²) in [5, 5.41) is 1.77. The van der Waals surface area contributed by atoms with Crippen molar-refractivity contribution in [1.82, 2.24) is 4.98 Å². The molecule has 0 aliphatic carbocycles. The predicted octanol–water partition coefficient (Wildman–Crippen LogP) is 1.45. The van der Waals surface area contributed by atoms with Crippen LogP contribution in [0.1, 0.15) is 5.69 Å². The number of thiazole rings is 1. The summed E-state index contributed by atoms with van der Waals surface area (Å²) < 4.78 is 0. The van der Waals surface area contributed by atoms with Crippen LogP contribution >= 0.6 is 35.3 Å². The minimum absolute atomic E-state index is 0. The van der Waals surface area contributed by atoms with E-state index in [1.54, 1.807) is 5.38 Å². The second-order valence-electron chi connectivity index (χ2n) is 1.71. The second-order valence-corrected chi connectivity index (χ2v) is 3.02. The molecule has 0 radical (unpaired) electrons. The molecule has 11 heavy (non-hydrogen) atoms. The fraction of sp³-hybridized carbons (Fsp3) is 0.200. The maximum atomic E-state index is 10.3. The highest BCUT2D eigenvalue weighted by molar-refractivity contribution is 7.13. The molecule has 0 saturated carbocycles. The highest BCUT2D eigenvalue weighted by Crippen LogP contribution is 2.11. The van der Waals surface area contributed by atoms with Gasteiger partial charge in [-0.2, -0.15) is 0 Å². The van der Waals surface area contributed by atoms with Crippen molar-refractivity contribution >= 4 is 45.7 Å². The molecule has 3 nitrogen and oxygen atoms in total. The Morgan fingerprint density at radius 2 is 2.45 bits per heavy atom. The van der Waals surface area contributed by atoms with Gasteiger partial charge in [0.25, 0.3) is 0 Å². The summed E-state index contributed by atoms with van der Waals surface area (Å²) in [6, 6.07) is 0. The van der Waals surface area contributed by atoms with Crippen LogP contribution in [0.4, 0.5) is 5.13 Å². The molecule has 0 aromatic carbocycles. The molecule has 62 valence electrons. The summed E-state index contributed by atoms with van der Waals surface area (Å²) in [6.07, 6.45) is 0.162. The third-order valence-corrected chi connectivity index (χ3v) is 1.75. The Morgan fingerprint density at radius 1 is 1.82 bits per heavy atom. The molecule has 0 aliphatic heterocycles. The van der Waals surface area contributed by atoms with Crippen LogP contribution in [0.25, 0.3) is 0 Å². The van der Waals surface area contributed by atoms with Crippen LogP contribution < -0.4 is 5.73 Å². The molecule has 0 aliphatic rings. The van der Waals surface area contributed by atoms with Gasteiger partial charge in [-0.25, -0.2) is 4.98 Å². The Labute approximate surface area is 79.0 Å². The van der Waals surface area contributed by atoms with Crippen molar-refractivity contribution in [1.29, 1.82) is 0 Å². The van der Waals surface area contributed by atoms with Crippen LogP contribution in [0, 0.1) is 0 Å². The molecule has 0 unspecified atom stereocenters. The number of halogens is 2. The number of nitrogen functional groups attached to an aromatic ring is 1. The molecule has 0 spiro atoms. The molecule has 1 rings (SSSR count). The van der Waals surface area contributed by atoms with Crippen LogP contribution in [-0.4, -0.2) is 10.2 Å². The van der Waals surface area contributed by atoms with Crippen molar-refractivity contribution in [2.45, 2.75) is 6.42 Å². The fourth-order valence-electron chi connectivity index (χ4n) is 0.546. The average Bonchev–Trinajstić information content (AvgIpc) is 2.13. The molecule has 0 atom stereocenters. The standard InChI is InChI=1S/C5H5ClN2OS.ClH/c6-4(9)1-3-2-10-5(7)8-3;/h2H,1H2,(H2,7,8);1H. The van der Waals surface area contributed by atoms with Crippen molar-refractivity contribution < 1.29 is 4.79 Å². The highest BCUT2D eigenvalue weighted by atomic mass is 35.5. The van der Waals surface area contributed by atoms with Gasteiger partial charge in [-0.15, -0.1) is 23.7 Å². The van der Waals surface area contributed by atoms with E-state index in [0.29, 0.717) is 10.8 Å². The zero-order chi connectivity index (χ0) is 7.56. The van der Waals surface area contributed by atoms with E-state index >= 15 is 0 Å². The van der Waals surface area contributed by atoms with Gasteiger partial charge in [0.2, 0.25) is 5.24 Å². The smallest absolute Gasteiger partial charge is 0.227 e. The summed E-state index contributed by atoms with van der Waals surface area (Å²) >= 11 is 6.41. The van der Waals surface area contributed by atoms with Gasteiger partial charge in [-0.3, -0.25) is 4.79 Å². The molecule has 1 heterocycles. The normalized spacial score (nSPS) is 8.82. The number of aromatic nitrogens is 1. The SMILES string of the molecule is Cl.Nc1nc(CC(=O)Cl)cs1. The summed E-state index contributed by atoms with van der Waals surface area (Å²) in [5.74, 6) is 0. The molecule has 0 fully saturated rings. The van der Waals surface area contributed by atoms with Crippen molar-refractivity contribution in [3.8, 4) is 0 Å². The van der Waals surface area contributed by atoms with Gasteiger partial charge in [0.15, 0.2) is 5.13 Å². The van der Waals surface area contributed by atoms with Crippen molar-refractivity contribution in [3.63, 3.8) is 0 Å². The molecule has 6 heteroatoms. The molecular formula is C5H6Cl2N2OS. The maximum Gasteiger partial charge on any atom is 0.227 e. The van der Waals surface area contributed by atoms with E-state index in [9.17, 15) is 4.79 Å². The second kappa shape index (κ2) is 4.54. The summed E-state index contributed by atoms with van der Waals surface area (Å²) in [4.78, 5) is 14.2. The molecular weight excluding hydrogens is 207 g/mol. The lowest BCUT2D eigenvalue weighted by molar-refractivity contribution is -0.111. The van der Waals surface area contributed by atoms with E-state index in [1.807, 2.05) is 0 Å².